The van der Waals surface area contributed by atoms with E-state index < -0.39 is 6.10 Å². The van der Waals surface area contributed by atoms with Crippen LogP contribution in [0.1, 0.15) is 98.8 Å². The first-order valence-corrected chi connectivity index (χ1v) is 13.8. The summed E-state index contributed by atoms with van der Waals surface area (Å²) in [4.78, 5) is 12.6. The van der Waals surface area contributed by atoms with Gasteiger partial charge in [-0.1, -0.05) is 39.8 Å². The summed E-state index contributed by atoms with van der Waals surface area (Å²) in [6.07, 6.45) is 12.0. The minimum Gasteiger partial charge on any atom is -0.396 e. The summed E-state index contributed by atoms with van der Waals surface area (Å²) in [5.41, 5.74) is 1.43. The molecule has 0 amide bonds. The molecule has 0 bridgehead atoms. The van der Waals surface area contributed by atoms with Crippen molar-refractivity contribution in [3.05, 3.63) is 12.2 Å². The van der Waals surface area contributed by atoms with Crippen molar-refractivity contribution in [1.29, 1.82) is 0 Å². The zero-order valence-electron chi connectivity index (χ0n) is 21.8. The van der Waals surface area contributed by atoms with Gasteiger partial charge in [0.1, 0.15) is 6.29 Å². The van der Waals surface area contributed by atoms with Gasteiger partial charge in [-0.2, -0.15) is 0 Å². The fourth-order valence-electron chi connectivity index (χ4n) is 11.4. The van der Waals surface area contributed by atoms with Crippen molar-refractivity contribution in [1.82, 2.24) is 0 Å². The SMILES string of the molecule is C=C(C)[C@@H]1CC[C@]2(C=O)CC[C@]3(C)[C@H](CC[C@@H]4[C@@]5(C)CC[C@H](O)C(C)(CO)[C@@H]5CC[C@]43C)[C@@H]12. The van der Waals surface area contributed by atoms with Crippen molar-refractivity contribution in [3.8, 4) is 0 Å². The summed E-state index contributed by atoms with van der Waals surface area (Å²) in [5.74, 6) is 2.56. The minimum atomic E-state index is -0.394. The van der Waals surface area contributed by atoms with Gasteiger partial charge in [0.05, 0.1) is 12.7 Å². The highest BCUT2D eigenvalue weighted by Gasteiger charge is 2.71. The number of aliphatic hydroxyl groups excluding tert-OH is 2. The Morgan fingerprint density at radius 3 is 2.27 bits per heavy atom. The summed E-state index contributed by atoms with van der Waals surface area (Å²) >= 11 is 0. The van der Waals surface area contributed by atoms with E-state index in [1.807, 2.05) is 0 Å². The van der Waals surface area contributed by atoms with Gasteiger partial charge in [-0.15, -0.1) is 0 Å². The van der Waals surface area contributed by atoms with E-state index in [0.717, 1.165) is 38.5 Å². The molecule has 1 unspecified atom stereocenters. The highest BCUT2D eigenvalue weighted by Crippen LogP contribution is 2.77. The summed E-state index contributed by atoms with van der Waals surface area (Å²) in [5, 5.41) is 21.3. The Morgan fingerprint density at radius 1 is 0.909 bits per heavy atom. The van der Waals surface area contributed by atoms with Crippen LogP contribution in [-0.4, -0.2) is 29.2 Å². The molecule has 11 atom stereocenters. The molecular weight excluding hydrogens is 408 g/mol. The van der Waals surface area contributed by atoms with Crippen LogP contribution in [0, 0.1) is 56.7 Å². The van der Waals surface area contributed by atoms with Crippen LogP contribution in [0.5, 0.6) is 0 Å². The Kier molecular flexibility index (Phi) is 5.40. The average molecular weight is 457 g/mol. The van der Waals surface area contributed by atoms with Crippen LogP contribution >= 0.6 is 0 Å². The topological polar surface area (TPSA) is 57.5 Å². The normalized spacial score (nSPS) is 57.9. The Morgan fingerprint density at radius 2 is 1.64 bits per heavy atom. The molecule has 2 N–H and O–H groups in total. The van der Waals surface area contributed by atoms with Crippen molar-refractivity contribution < 1.29 is 15.0 Å². The number of rotatable bonds is 3. The molecule has 0 radical (unpaired) electrons. The number of carbonyl (C=O) groups is 1. The van der Waals surface area contributed by atoms with Crippen molar-refractivity contribution in [2.75, 3.05) is 6.61 Å². The highest BCUT2D eigenvalue weighted by atomic mass is 16.3. The van der Waals surface area contributed by atoms with Crippen LogP contribution in [0.2, 0.25) is 0 Å². The number of carbonyl (C=O) groups excluding carboxylic acids is 1. The molecular formula is C30H48O3. The van der Waals surface area contributed by atoms with Gasteiger partial charge in [0.25, 0.3) is 0 Å². The second kappa shape index (κ2) is 7.42. The summed E-state index contributed by atoms with van der Waals surface area (Å²) in [6.45, 7) is 16.5. The Hall–Kier alpha value is -0.670. The summed E-state index contributed by atoms with van der Waals surface area (Å²) in [7, 11) is 0. The molecule has 0 aromatic rings. The largest absolute Gasteiger partial charge is 0.396 e. The molecule has 3 heteroatoms. The Labute approximate surface area is 201 Å². The number of hydrogen-bond acceptors (Lipinski definition) is 3. The molecule has 0 heterocycles. The van der Waals surface area contributed by atoms with Crippen LogP contribution < -0.4 is 0 Å². The van der Waals surface area contributed by atoms with E-state index in [4.69, 9.17) is 0 Å². The number of allylic oxidation sites excluding steroid dienone is 1. The lowest BCUT2D eigenvalue weighted by molar-refractivity contribution is -0.252. The predicted molar refractivity (Wildman–Crippen MR) is 132 cm³/mol. The molecule has 0 saturated heterocycles. The minimum absolute atomic E-state index is 0.0853. The van der Waals surface area contributed by atoms with E-state index in [1.165, 1.54) is 37.5 Å². The fourth-order valence-corrected chi connectivity index (χ4v) is 11.4. The first-order chi connectivity index (χ1) is 15.4. The first kappa shape index (κ1) is 24.0. The molecule has 33 heavy (non-hydrogen) atoms. The summed E-state index contributed by atoms with van der Waals surface area (Å²) in [6, 6.07) is 0. The Bertz CT molecular complexity index is 836. The molecule has 186 valence electrons. The number of aliphatic hydroxyl groups is 2. The molecule has 5 rings (SSSR count). The van der Waals surface area contributed by atoms with Gasteiger partial charge in [0.2, 0.25) is 0 Å². The van der Waals surface area contributed by atoms with E-state index in [1.54, 1.807) is 0 Å². The van der Waals surface area contributed by atoms with Gasteiger partial charge in [-0.05, 0) is 117 Å². The van der Waals surface area contributed by atoms with Gasteiger partial charge in [0.15, 0.2) is 0 Å². The molecule has 3 nitrogen and oxygen atoms in total. The third kappa shape index (κ3) is 2.79. The molecule has 5 aliphatic carbocycles. The second-order valence-corrected chi connectivity index (χ2v) is 14.3. The maximum absolute atomic E-state index is 12.6. The van der Waals surface area contributed by atoms with Crippen LogP contribution in [0.15, 0.2) is 12.2 Å². The fraction of sp³-hybridized carbons (Fsp3) is 0.900. The van der Waals surface area contributed by atoms with Crippen LogP contribution in [0.4, 0.5) is 0 Å². The third-order valence-electron chi connectivity index (χ3n) is 13.5. The first-order valence-electron chi connectivity index (χ1n) is 13.8. The standard InChI is InChI=1S/C30H48O3/c1-19(2)20-9-14-30(18-32)16-15-28(5)21(25(20)30)7-8-23-26(3)12-11-24(33)27(4,17-31)22(26)10-13-29(23,28)6/h18,20-25,31,33H,1,7-17H2,2-6H3/t20-,21+,22+,23+,24-,25+,26-,27?,28+,29+,30+/m0/s1. The maximum Gasteiger partial charge on any atom is 0.126 e. The lowest BCUT2D eigenvalue weighted by Crippen LogP contribution is -2.67. The number of aldehydes is 1. The lowest BCUT2D eigenvalue weighted by Gasteiger charge is -2.72. The van der Waals surface area contributed by atoms with Crippen molar-refractivity contribution in [3.63, 3.8) is 0 Å². The smallest absolute Gasteiger partial charge is 0.126 e. The van der Waals surface area contributed by atoms with Gasteiger partial charge in [-0.3, -0.25) is 0 Å². The molecule has 0 aromatic heterocycles. The van der Waals surface area contributed by atoms with Gasteiger partial charge < -0.3 is 15.0 Å². The van der Waals surface area contributed by atoms with Crippen molar-refractivity contribution >= 4 is 6.29 Å². The average Bonchev–Trinajstić information content (AvgIpc) is 3.17. The van der Waals surface area contributed by atoms with Crippen LogP contribution in [-0.2, 0) is 4.79 Å². The number of fused-ring (bicyclic) bond motifs is 7. The van der Waals surface area contributed by atoms with Crippen LogP contribution in [0.3, 0.4) is 0 Å². The van der Waals surface area contributed by atoms with E-state index in [-0.39, 0.29) is 33.7 Å². The van der Waals surface area contributed by atoms with E-state index in [0.29, 0.717) is 29.6 Å². The van der Waals surface area contributed by atoms with Gasteiger partial charge >= 0.3 is 0 Å². The van der Waals surface area contributed by atoms with E-state index in [9.17, 15) is 15.0 Å². The van der Waals surface area contributed by atoms with Crippen molar-refractivity contribution in [2.45, 2.75) is 105 Å². The van der Waals surface area contributed by atoms with E-state index >= 15 is 0 Å². The zero-order chi connectivity index (χ0) is 24.0. The molecule has 0 aliphatic heterocycles. The number of hydrogen-bond donors (Lipinski definition) is 2. The lowest BCUT2D eigenvalue weighted by atomic mass is 9.32. The highest BCUT2D eigenvalue weighted by molar-refractivity contribution is 5.62. The molecule has 0 aromatic carbocycles. The summed E-state index contributed by atoms with van der Waals surface area (Å²) < 4.78 is 0. The third-order valence-corrected chi connectivity index (χ3v) is 13.5. The second-order valence-electron chi connectivity index (χ2n) is 14.3. The molecule has 5 fully saturated rings. The zero-order valence-corrected chi connectivity index (χ0v) is 21.8. The molecule has 5 aliphatic rings. The Balaban J connectivity index is 1.55. The van der Waals surface area contributed by atoms with Crippen molar-refractivity contribution in [2.24, 2.45) is 56.7 Å². The van der Waals surface area contributed by atoms with Gasteiger partial charge in [-0.25, -0.2) is 0 Å². The maximum atomic E-state index is 12.6. The molecule has 0 spiro atoms. The molecule has 5 saturated carbocycles. The predicted octanol–water partition coefficient (Wildman–Crippen LogP) is 6.18. The van der Waals surface area contributed by atoms with Crippen LogP contribution in [0.25, 0.3) is 0 Å². The van der Waals surface area contributed by atoms with E-state index in [2.05, 4.69) is 41.2 Å². The quantitative estimate of drug-likeness (QED) is 0.394. The van der Waals surface area contributed by atoms with Gasteiger partial charge in [0, 0.05) is 10.8 Å². The monoisotopic (exact) mass is 456 g/mol.